The number of pyridine rings is 1. The Hall–Kier alpha value is -1.08. The number of halogens is 1. The van der Waals surface area contributed by atoms with Gasteiger partial charge in [-0.1, -0.05) is 31.0 Å². The third kappa shape index (κ3) is 2.04. The van der Waals surface area contributed by atoms with Crippen molar-refractivity contribution in [1.82, 2.24) is 4.98 Å². The van der Waals surface area contributed by atoms with Crippen molar-refractivity contribution in [2.24, 2.45) is 0 Å². The second-order valence-electron chi connectivity index (χ2n) is 4.85. The first kappa shape index (κ1) is 11.0. The maximum absolute atomic E-state index is 6.50. The smallest absolute Gasteiger partial charge is 0.0404 e. The molecule has 1 saturated carbocycles. The lowest BCUT2D eigenvalue weighted by Crippen LogP contribution is -2.17. The van der Waals surface area contributed by atoms with Crippen LogP contribution in [-0.4, -0.2) is 10.4 Å². The summed E-state index contributed by atoms with van der Waals surface area (Å²) in [6.45, 7) is 0. The highest BCUT2D eigenvalue weighted by atomic mass is 35.5. The lowest BCUT2D eigenvalue weighted by Gasteiger charge is -2.28. The summed E-state index contributed by atoms with van der Waals surface area (Å²) in [6, 6.07) is 8.57. The number of rotatable bonds is 1. The van der Waals surface area contributed by atoms with Gasteiger partial charge >= 0.3 is 0 Å². The molecule has 0 radical (unpaired) electrons. The molecular formula is C15H16ClN. The molecule has 0 spiro atoms. The van der Waals surface area contributed by atoms with Crippen LogP contribution in [0, 0.1) is 0 Å². The summed E-state index contributed by atoms with van der Waals surface area (Å²) in [5.41, 5.74) is 1.38. The molecule has 1 nitrogen and oxygen atoms in total. The van der Waals surface area contributed by atoms with Gasteiger partial charge in [-0.2, -0.15) is 0 Å². The van der Waals surface area contributed by atoms with Crippen LogP contribution < -0.4 is 0 Å². The van der Waals surface area contributed by atoms with Crippen molar-refractivity contribution >= 4 is 22.4 Å². The summed E-state index contributed by atoms with van der Waals surface area (Å²) in [5.74, 6) is 0.498. The number of hydrogen-bond acceptors (Lipinski definition) is 1. The van der Waals surface area contributed by atoms with Crippen LogP contribution in [0.3, 0.4) is 0 Å². The average Bonchev–Trinajstić information content (AvgIpc) is 2.39. The van der Waals surface area contributed by atoms with E-state index in [4.69, 9.17) is 11.6 Å². The van der Waals surface area contributed by atoms with E-state index in [2.05, 4.69) is 29.2 Å². The summed E-state index contributed by atoms with van der Waals surface area (Å²) in [7, 11) is 0. The Morgan fingerprint density at radius 2 is 2.00 bits per heavy atom. The molecule has 0 aliphatic heterocycles. The van der Waals surface area contributed by atoms with Crippen molar-refractivity contribution < 1.29 is 0 Å². The van der Waals surface area contributed by atoms with Gasteiger partial charge in [0.25, 0.3) is 0 Å². The highest BCUT2D eigenvalue weighted by Gasteiger charge is 2.25. The van der Waals surface area contributed by atoms with Crippen molar-refractivity contribution in [2.75, 3.05) is 0 Å². The number of aromatic nitrogens is 1. The summed E-state index contributed by atoms with van der Waals surface area (Å²) >= 11 is 6.50. The first-order valence-electron chi connectivity index (χ1n) is 6.33. The van der Waals surface area contributed by atoms with Gasteiger partial charge in [-0.25, -0.2) is 0 Å². The number of benzene rings is 1. The third-order valence-corrected chi connectivity index (χ3v) is 4.32. The molecule has 2 atom stereocenters. The molecular weight excluding hydrogens is 230 g/mol. The lowest BCUT2D eigenvalue weighted by molar-refractivity contribution is 0.452. The van der Waals surface area contributed by atoms with Crippen molar-refractivity contribution in [1.29, 1.82) is 0 Å². The highest BCUT2D eigenvalue weighted by molar-refractivity contribution is 6.21. The molecule has 2 unspecified atom stereocenters. The largest absolute Gasteiger partial charge is 0.264 e. The van der Waals surface area contributed by atoms with Gasteiger partial charge < -0.3 is 0 Å². The standard InChI is InChI=1S/C15H16ClN/c16-15-7-2-1-5-13(15)12-6-3-4-11-8-9-17-10-14(11)12/h3-4,6,8-10,13,15H,1-2,5,7H2. The van der Waals surface area contributed by atoms with Crippen molar-refractivity contribution in [3.05, 3.63) is 42.2 Å². The minimum absolute atomic E-state index is 0.287. The highest BCUT2D eigenvalue weighted by Crippen LogP contribution is 2.38. The summed E-state index contributed by atoms with van der Waals surface area (Å²) in [6.07, 6.45) is 8.75. The Bertz CT molecular complexity index is 518. The molecule has 88 valence electrons. The molecule has 0 saturated heterocycles. The predicted octanol–water partition coefficient (Wildman–Crippen LogP) is 4.50. The normalized spacial score (nSPS) is 25.0. The fourth-order valence-corrected chi connectivity index (χ4v) is 3.31. The molecule has 1 heterocycles. The van der Waals surface area contributed by atoms with Crippen LogP contribution in [0.4, 0.5) is 0 Å². The Kier molecular flexibility index (Phi) is 3.02. The van der Waals surface area contributed by atoms with E-state index in [1.54, 1.807) is 0 Å². The predicted molar refractivity (Wildman–Crippen MR) is 72.6 cm³/mol. The van der Waals surface area contributed by atoms with E-state index >= 15 is 0 Å². The summed E-state index contributed by atoms with van der Waals surface area (Å²) < 4.78 is 0. The SMILES string of the molecule is ClC1CCCCC1c1cccc2ccncc12. The van der Waals surface area contributed by atoms with E-state index < -0.39 is 0 Å². The zero-order valence-corrected chi connectivity index (χ0v) is 10.5. The minimum Gasteiger partial charge on any atom is -0.264 e. The van der Waals surface area contributed by atoms with Gasteiger partial charge in [0.05, 0.1) is 0 Å². The second-order valence-corrected chi connectivity index (χ2v) is 5.41. The maximum atomic E-state index is 6.50. The first-order valence-corrected chi connectivity index (χ1v) is 6.76. The maximum Gasteiger partial charge on any atom is 0.0404 e. The molecule has 2 aromatic rings. The van der Waals surface area contributed by atoms with Gasteiger partial charge in [-0.05, 0) is 29.9 Å². The van der Waals surface area contributed by atoms with E-state index in [-0.39, 0.29) is 5.38 Å². The van der Waals surface area contributed by atoms with Crippen LogP contribution >= 0.6 is 11.6 Å². The zero-order valence-electron chi connectivity index (χ0n) is 9.77. The Labute approximate surface area is 107 Å². The van der Waals surface area contributed by atoms with Gasteiger partial charge in [-0.15, -0.1) is 11.6 Å². The lowest BCUT2D eigenvalue weighted by atomic mass is 9.82. The fraction of sp³-hybridized carbons (Fsp3) is 0.400. The van der Waals surface area contributed by atoms with E-state index in [9.17, 15) is 0 Å². The molecule has 3 rings (SSSR count). The van der Waals surface area contributed by atoms with Gasteiger partial charge in [0.2, 0.25) is 0 Å². The van der Waals surface area contributed by atoms with E-state index in [0.29, 0.717) is 5.92 Å². The molecule has 2 heteroatoms. The second kappa shape index (κ2) is 4.66. The number of hydrogen-bond donors (Lipinski definition) is 0. The number of fused-ring (bicyclic) bond motifs is 1. The van der Waals surface area contributed by atoms with Gasteiger partial charge in [0.1, 0.15) is 0 Å². The zero-order chi connectivity index (χ0) is 11.7. The molecule has 17 heavy (non-hydrogen) atoms. The monoisotopic (exact) mass is 245 g/mol. The Morgan fingerprint density at radius 3 is 2.88 bits per heavy atom. The molecule has 0 N–H and O–H groups in total. The van der Waals surface area contributed by atoms with Gasteiger partial charge in [0, 0.05) is 29.1 Å². The molecule has 1 aromatic heterocycles. The molecule has 1 aliphatic carbocycles. The van der Waals surface area contributed by atoms with Crippen LogP contribution in [-0.2, 0) is 0 Å². The number of alkyl halides is 1. The summed E-state index contributed by atoms with van der Waals surface area (Å²) in [4.78, 5) is 4.25. The van der Waals surface area contributed by atoms with Crippen molar-refractivity contribution in [3.8, 4) is 0 Å². The minimum atomic E-state index is 0.287. The topological polar surface area (TPSA) is 12.9 Å². The van der Waals surface area contributed by atoms with Gasteiger partial charge in [-0.3, -0.25) is 4.98 Å². The van der Waals surface area contributed by atoms with Crippen LogP contribution in [0.25, 0.3) is 10.8 Å². The third-order valence-electron chi connectivity index (χ3n) is 3.80. The summed E-state index contributed by atoms with van der Waals surface area (Å²) in [5, 5.41) is 2.83. The van der Waals surface area contributed by atoms with E-state index in [1.165, 1.54) is 35.6 Å². The quantitative estimate of drug-likeness (QED) is 0.674. The first-order chi connectivity index (χ1) is 8.36. The average molecular weight is 246 g/mol. The Morgan fingerprint density at radius 1 is 1.12 bits per heavy atom. The van der Waals surface area contributed by atoms with Crippen LogP contribution in [0.5, 0.6) is 0 Å². The molecule has 1 fully saturated rings. The van der Waals surface area contributed by atoms with Crippen LogP contribution in [0.2, 0.25) is 0 Å². The Balaban J connectivity index is 2.10. The molecule has 1 aliphatic rings. The molecule has 0 amide bonds. The van der Waals surface area contributed by atoms with Crippen LogP contribution in [0.15, 0.2) is 36.7 Å². The van der Waals surface area contributed by atoms with Crippen molar-refractivity contribution in [2.45, 2.75) is 37.0 Å². The molecule has 0 bridgehead atoms. The van der Waals surface area contributed by atoms with Crippen molar-refractivity contribution in [3.63, 3.8) is 0 Å². The number of nitrogens with zero attached hydrogens (tertiary/aromatic N) is 1. The molecule has 1 aromatic carbocycles. The van der Waals surface area contributed by atoms with Crippen LogP contribution in [0.1, 0.15) is 37.2 Å². The van der Waals surface area contributed by atoms with E-state index in [1.807, 2.05) is 12.4 Å². The fourth-order valence-electron chi connectivity index (χ4n) is 2.90. The van der Waals surface area contributed by atoms with E-state index in [0.717, 1.165) is 6.42 Å². The van der Waals surface area contributed by atoms with Gasteiger partial charge in [0.15, 0.2) is 0 Å².